The summed E-state index contributed by atoms with van der Waals surface area (Å²) in [5, 5.41) is 9.72. The quantitative estimate of drug-likeness (QED) is 0.0892. The molecule has 1 heterocycles. The highest BCUT2D eigenvalue weighted by atomic mass is 35.5. The summed E-state index contributed by atoms with van der Waals surface area (Å²) in [4.78, 5) is 22.5. The number of unbranched alkanes of at least 4 members (excludes halogenated alkanes) is 1. The lowest BCUT2D eigenvalue weighted by atomic mass is 9.84. The Morgan fingerprint density at radius 2 is 1.34 bits per heavy atom. The van der Waals surface area contributed by atoms with E-state index in [9.17, 15) is 9.59 Å². The Hall–Kier alpha value is -3.37. The van der Waals surface area contributed by atoms with Crippen LogP contribution >= 0.6 is 11.6 Å². The molecule has 4 nitrogen and oxygen atoms in total. The second-order valence-corrected chi connectivity index (χ2v) is 18.0. The largest absolute Gasteiger partial charge is 0.478 e. The van der Waals surface area contributed by atoms with Crippen LogP contribution in [0.2, 0.25) is 5.02 Å². The first-order chi connectivity index (χ1) is 26.9. The van der Waals surface area contributed by atoms with E-state index in [2.05, 4.69) is 136 Å². The highest BCUT2D eigenvalue weighted by Crippen LogP contribution is 2.30. The lowest BCUT2D eigenvalue weighted by molar-refractivity contribution is -0.132. The molecule has 1 aromatic heterocycles. The van der Waals surface area contributed by atoms with Gasteiger partial charge in [-0.1, -0.05) is 196 Å². The highest BCUT2D eigenvalue weighted by molar-refractivity contribution is 6.30. The van der Waals surface area contributed by atoms with Crippen LogP contribution in [0.4, 0.5) is 0 Å². The molecular weight excluding hydrogens is 736 g/mol. The van der Waals surface area contributed by atoms with E-state index in [1.807, 2.05) is 44.2 Å². The number of carboxylic acid groups (broad SMARTS) is 1. The Morgan fingerprint density at radius 3 is 1.67 bits per heavy atom. The van der Waals surface area contributed by atoms with Crippen molar-refractivity contribution in [3.05, 3.63) is 99.3 Å². The average molecular weight is 824 g/mol. The van der Waals surface area contributed by atoms with Gasteiger partial charge >= 0.3 is 5.97 Å². The number of aliphatic carboxylic acids is 1. The molecule has 0 bridgehead atoms. The topological polar surface area (TPSA) is 67.5 Å². The van der Waals surface area contributed by atoms with Crippen molar-refractivity contribution in [1.29, 1.82) is 0 Å². The lowest BCUT2D eigenvalue weighted by Crippen LogP contribution is -2.27. The van der Waals surface area contributed by atoms with Crippen molar-refractivity contribution in [2.24, 2.45) is 22.7 Å². The first kappa shape index (κ1) is 58.9. The van der Waals surface area contributed by atoms with E-state index < -0.39 is 5.97 Å². The number of allylic oxidation sites excluding steroid dienone is 4. The number of carbonyl (C=O) groups excluding carboxylic acids is 1. The minimum atomic E-state index is -1.02. The first-order valence-electron chi connectivity index (χ1n) is 21.9. The van der Waals surface area contributed by atoms with Crippen LogP contribution < -0.4 is 10.6 Å². The number of hydrogen-bond acceptors (Lipinski definition) is 3. The molecule has 2 aromatic rings. The third-order valence-electron chi connectivity index (χ3n) is 9.87. The minimum Gasteiger partial charge on any atom is -0.478 e. The van der Waals surface area contributed by atoms with Crippen LogP contribution in [0.1, 0.15) is 199 Å². The molecule has 0 aliphatic heterocycles. The smallest absolute Gasteiger partial charge is 0.335 e. The van der Waals surface area contributed by atoms with Crippen LogP contribution in [-0.2, 0) is 4.79 Å². The first-order valence-corrected chi connectivity index (χ1v) is 22.3. The van der Waals surface area contributed by atoms with E-state index in [0.717, 1.165) is 51.1 Å². The van der Waals surface area contributed by atoms with Gasteiger partial charge in [0.05, 0.1) is 5.57 Å². The van der Waals surface area contributed by atoms with Crippen LogP contribution in [0.15, 0.2) is 76.8 Å². The number of hydrogen-bond donors (Lipinski definition) is 1. The monoisotopic (exact) mass is 823 g/mol. The summed E-state index contributed by atoms with van der Waals surface area (Å²) < 4.78 is 6.21. The molecule has 0 spiro atoms. The number of furan rings is 1. The lowest BCUT2D eigenvalue weighted by Gasteiger charge is -2.20. The molecule has 0 saturated carbocycles. The standard InChI is InChI=1S/C26H33ClO2.C11H22.C7H16.C5H6O2.C4H10/c1-8-10-20-16-23(24(28)17(3)9-2)29-25(20)22(26(5,6)7)15-18(4)19-11-13-21(27)14-12-19;1-6-8-10(4)11(5)9(3)7-2;1-5-6-7(2,3)4;1-3-4(2)5(6)7;1-3-4-2/h10-17H,8-9H2,1-7H3;9H,6-8H2,1-5H3;5-6H2,1-4H3;3H,1-2H2,(H,6,7);3-4H2,1-2H3/b18-15+,20-10+,25-22-;11-10-;;;. The average Bonchev–Trinajstić information content (AvgIpc) is 3.58. The summed E-state index contributed by atoms with van der Waals surface area (Å²) in [5.74, 6) is 0.231. The van der Waals surface area contributed by atoms with Crippen molar-refractivity contribution in [1.82, 2.24) is 0 Å². The van der Waals surface area contributed by atoms with Crippen LogP contribution in [0.3, 0.4) is 0 Å². The molecule has 2 unspecified atom stereocenters. The number of Topliss-reactive ketones (excluding diaryl/α,β-unsaturated/α-hetero) is 1. The second kappa shape index (κ2) is 31.5. The van der Waals surface area contributed by atoms with E-state index in [0.29, 0.717) is 11.2 Å². The number of halogens is 1. The molecular formula is C53H87ClO4. The maximum atomic E-state index is 12.7. The SMILES string of the molecule is C=CC(=C)C(=O)O.CCC/C(C)=C(/C)C(C)CC.CCCC.CCCC(C)(C)C.CC\C=c1/cc(C(=O)C(C)CC)o/c1=C(/C=C(\C)c1ccc(Cl)cc1)C(C)(C)C. The van der Waals surface area contributed by atoms with Gasteiger partial charge in [0.2, 0.25) is 5.78 Å². The number of carboxylic acids is 1. The molecule has 0 saturated heterocycles. The van der Waals surface area contributed by atoms with E-state index in [-0.39, 0.29) is 22.7 Å². The zero-order valence-electron chi connectivity index (χ0n) is 40.6. The molecule has 2 rings (SSSR count). The molecule has 0 fully saturated rings. The fraction of sp³-hybridized carbons (Fsp3) is 0.585. The normalized spacial score (nSPS) is 13.6. The zero-order valence-corrected chi connectivity index (χ0v) is 41.4. The molecule has 0 aliphatic rings. The fourth-order valence-electron chi connectivity index (χ4n) is 5.31. The molecule has 0 amide bonds. The van der Waals surface area contributed by atoms with Gasteiger partial charge in [-0.3, -0.25) is 4.79 Å². The molecule has 0 radical (unpaired) electrons. The fourth-order valence-corrected chi connectivity index (χ4v) is 5.43. The van der Waals surface area contributed by atoms with Crippen molar-refractivity contribution < 1.29 is 19.1 Å². The maximum absolute atomic E-state index is 12.7. The molecule has 1 aromatic carbocycles. The van der Waals surface area contributed by atoms with Gasteiger partial charge < -0.3 is 9.52 Å². The molecule has 330 valence electrons. The molecule has 0 aliphatic carbocycles. The second-order valence-electron chi connectivity index (χ2n) is 17.5. The van der Waals surface area contributed by atoms with E-state index in [1.54, 1.807) is 11.1 Å². The third kappa shape index (κ3) is 25.9. The minimum absolute atomic E-state index is 0.0278. The van der Waals surface area contributed by atoms with Gasteiger partial charge in [-0.05, 0) is 99.0 Å². The van der Waals surface area contributed by atoms with Gasteiger partial charge in [0.25, 0.3) is 0 Å². The number of carbonyl (C=O) groups is 2. The molecule has 1 N–H and O–H groups in total. The van der Waals surface area contributed by atoms with Gasteiger partial charge in [-0.25, -0.2) is 4.79 Å². The van der Waals surface area contributed by atoms with Crippen molar-refractivity contribution in [2.75, 3.05) is 0 Å². The van der Waals surface area contributed by atoms with Crippen LogP contribution in [0.5, 0.6) is 0 Å². The zero-order chi connectivity index (χ0) is 45.8. The Balaban J connectivity index is -0.000000846. The maximum Gasteiger partial charge on any atom is 0.335 e. The van der Waals surface area contributed by atoms with Crippen LogP contribution in [0.25, 0.3) is 17.2 Å². The summed E-state index contributed by atoms with van der Waals surface area (Å²) in [5.41, 5.74) is 7.73. The van der Waals surface area contributed by atoms with Crippen molar-refractivity contribution in [3.63, 3.8) is 0 Å². The van der Waals surface area contributed by atoms with Crippen molar-refractivity contribution in [2.45, 2.75) is 182 Å². The van der Waals surface area contributed by atoms with Gasteiger partial charge in [-0.2, -0.15) is 0 Å². The Morgan fingerprint density at radius 1 is 0.828 bits per heavy atom. The summed E-state index contributed by atoms with van der Waals surface area (Å²) >= 11 is 6.04. The van der Waals surface area contributed by atoms with Gasteiger partial charge in [-0.15, -0.1) is 0 Å². The van der Waals surface area contributed by atoms with Gasteiger partial charge in [0.1, 0.15) is 5.42 Å². The summed E-state index contributed by atoms with van der Waals surface area (Å²) in [6.45, 7) is 45.8. The van der Waals surface area contributed by atoms with Crippen LogP contribution in [-0.4, -0.2) is 16.9 Å². The van der Waals surface area contributed by atoms with Crippen molar-refractivity contribution in [3.8, 4) is 0 Å². The highest BCUT2D eigenvalue weighted by Gasteiger charge is 2.22. The third-order valence-corrected chi connectivity index (χ3v) is 10.1. The van der Waals surface area contributed by atoms with E-state index in [1.165, 1.54) is 51.0 Å². The molecule has 5 heteroatoms. The summed E-state index contributed by atoms with van der Waals surface area (Å²) in [7, 11) is 0. The molecule has 58 heavy (non-hydrogen) atoms. The van der Waals surface area contributed by atoms with Crippen molar-refractivity contribution >= 4 is 40.6 Å². The number of ketones is 1. The Labute approximate surface area is 362 Å². The predicted molar refractivity (Wildman–Crippen MR) is 259 cm³/mol. The van der Waals surface area contributed by atoms with E-state index in [4.69, 9.17) is 21.1 Å². The number of rotatable bonds is 14. The predicted octanol–water partition coefficient (Wildman–Crippen LogP) is 16.3. The summed E-state index contributed by atoms with van der Waals surface area (Å²) in [6.07, 6.45) is 16.3. The van der Waals surface area contributed by atoms with Gasteiger partial charge in [0, 0.05) is 21.7 Å². The summed E-state index contributed by atoms with van der Waals surface area (Å²) in [6, 6.07) is 9.75. The van der Waals surface area contributed by atoms with Crippen LogP contribution in [0, 0.1) is 22.7 Å². The van der Waals surface area contributed by atoms with Gasteiger partial charge in [0.15, 0.2) is 5.76 Å². The Kier molecular flexibility index (Phi) is 32.1. The Bertz CT molecular complexity index is 1660. The number of benzene rings is 1. The van der Waals surface area contributed by atoms with E-state index >= 15 is 0 Å². The molecule has 2 atom stereocenters.